The number of nitrogens with zero attached hydrogens (tertiary/aromatic N) is 1. The van der Waals surface area contributed by atoms with Crippen molar-refractivity contribution in [2.75, 3.05) is 11.9 Å². The fourth-order valence-electron chi connectivity index (χ4n) is 3.55. The highest BCUT2D eigenvalue weighted by molar-refractivity contribution is 7.12. The van der Waals surface area contributed by atoms with E-state index in [9.17, 15) is 4.79 Å². The number of carbonyl (C=O) groups excluding carboxylic acids is 1. The van der Waals surface area contributed by atoms with E-state index in [0.29, 0.717) is 17.0 Å². The number of hydrogen-bond donors (Lipinski definition) is 2. The number of carbonyl (C=O) groups is 1. The van der Waals surface area contributed by atoms with Crippen molar-refractivity contribution < 1.29 is 4.79 Å². The monoisotopic (exact) mass is 389 g/mol. The SMILES string of the molecule is O=C(Nc1ccc(C2CC2NCC2CC2)cc1)c1nc(-c2ccccc2)cs1. The molecule has 3 aromatic rings. The number of benzene rings is 2. The maximum absolute atomic E-state index is 12.5. The van der Waals surface area contributed by atoms with Gasteiger partial charge in [0, 0.05) is 28.6 Å². The Morgan fingerprint density at radius 3 is 2.61 bits per heavy atom. The average molecular weight is 390 g/mol. The molecule has 2 aromatic carbocycles. The first kappa shape index (κ1) is 17.6. The molecule has 0 radical (unpaired) electrons. The highest BCUT2D eigenvalue weighted by Crippen LogP contribution is 2.42. The Balaban J connectivity index is 1.18. The molecular weight excluding hydrogens is 366 g/mol. The van der Waals surface area contributed by atoms with Crippen molar-refractivity contribution >= 4 is 22.9 Å². The molecule has 0 saturated heterocycles. The van der Waals surface area contributed by atoms with E-state index in [1.54, 1.807) is 0 Å². The fourth-order valence-corrected chi connectivity index (χ4v) is 4.27. The molecule has 4 nitrogen and oxygen atoms in total. The van der Waals surface area contributed by atoms with E-state index in [2.05, 4.69) is 27.8 Å². The Morgan fingerprint density at radius 1 is 1.07 bits per heavy atom. The van der Waals surface area contributed by atoms with Gasteiger partial charge in [0.2, 0.25) is 0 Å². The smallest absolute Gasteiger partial charge is 0.284 e. The van der Waals surface area contributed by atoms with Crippen LogP contribution in [0, 0.1) is 5.92 Å². The van der Waals surface area contributed by atoms with Crippen molar-refractivity contribution in [3.05, 3.63) is 70.5 Å². The van der Waals surface area contributed by atoms with Gasteiger partial charge in [-0.05, 0) is 49.4 Å². The third kappa shape index (κ3) is 4.01. The summed E-state index contributed by atoms with van der Waals surface area (Å²) in [6.07, 6.45) is 4.01. The largest absolute Gasteiger partial charge is 0.320 e. The molecule has 0 aliphatic heterocycles. The third-order valence-corrected chi connectivity index (χ3v) is 6.36. The Kier molecular flexibility index (Phi) is 4.71. The molecule has 142 valence electrons. The normalized spacial score (nSPS) is 20.7. The zero-order chi connectivity index (χ0) is 18.9. The van der Waals surface area contributed by atoms with Gasteiger partial charge in [0.25, 0.3) is 5.91 Å². The quantitative estimate of drug-likeness (QED) is 0.603. The molecule has 5 heteroatoms. The summed E-state index contributed by atoms with van der Waals surface area (Å²) < 4.78 is 0. The average Bonchev–Trinajstić information content (AvgIpc) is 3.65. The Morgan fingerprint density at radius 2 is 1.86 bits per heavy atom. The fraction of sp³-hybridized carbons (Fsp3) is 0.304. The summed E-state index contributed by atoms with van der Waals surface area (Å²) in [5, 5.41) is 9.04. The zero-order valence-electron chi connectivity index (χ0n) is 15.6. The number of hydrogen-bond acceptors (Lipinski definition) is 4. The summed E-state index contributed by atoms with van der Waals surface area (Å²) >= 11 is 1.37. The molecule has 0 bridgehead atoms. The Labute approximate surface area is 169 Å². The molecule has 5 rings (SSSR count). The van der Waals surface area contributed by atoms with Crippen LogP contribution in [0.1, 0.15) is 40.5 Å². The molecule has 2 saturated carbocycles. The van der Waals surface area contributed by atoms with Crippen LogP contribution in [0.15, 0.2) is 60.0 Å². The van der Waals surface area contributed by atoms with Crippen LogP contribution < -0.4 is 10.6 Å². The van der Waals surface area contributed by atoms with Crippen molar-refractivity contribution in [1.29, 1.82) is 0 Å². The van der Waals surface area contributed by atoms with Crippen LogP contribution in [0.2, 0.25) is 0 Å². The van der Waals surface area contributed by atoms with Gasteiger partial charge in [-0.2, -0.15) is 0 Å². The highest BCUT2D eigenvalue weighted by atomic mass is 32.1. The third-order valence-electron chi connectivity index (χ3n) is 5.52. The van der Waals surface area contributed by atoms with E-state index >= 15 is 0 Å². The molecule has 1 aromatic heterocycles. The van der Waals surface area contributed by atoms with Gasteiger partial charge in [0.15, 0.2) is 5.01 Å². The zero-order valence-corrected chi connectivity index (χ0v) is 16.4. The van der Waals surface area contributed by atoms with Gasteiger partial charge in [-0.25, -0.2) is 4.98 Å². The second-order valence-electron chi connectivity index (χ2n) is 7.78. The molecular formula is C23H23N3OS. The molecule has 2 atom stereocenters. The summed E-state index contributed by atoms with van der Waals surface area (Å²) in [6.45, 7) is 1.17. The Bertz CT molecular complexity index is 963. The van der Waals surface area contributed by atoms with Gasteiger partial charge >= 0.3 is 0 Å². The minimum absolute atomic E-state index is 0.157. The minimum atomic E-state index is -0.157. The molecule has 0 spiro atoms. The predicted octanol–water partition coefficient (Wildman–Crippen LogP) is 4.92. The van der Waals surface area contributed by atoms with E-state index in [1.165, 1.54) is 42.7 Å². The number of rotatable bonds is 7. The van der Waals surface area contributed by atoms with Crippen LogP contribution in [-0.2, 0) is 0 Å². The molecule has 2 aliphatic rings. The summed E-state index contributed by atoms with van der Waals surface area (Å²) in [5.74, 6) is 1.39. The first-order valence-electron chi connectivity index (χ1n) is 9.92. The Hall–Kier alpha value is -2.50. The van der Waals surface area contributed by atoms with E-state index in [0.717, 1.165) is 22.9 Å². The molecule has 1 amide bonds. The van der Waals surface area contributed by atoms with E-state index in [1.807, 2.05) is 47.8 Å². The van der Waals surface area contributed by atoms with Gasteiger partial charge < -0.3 is 10.6 Å². The number of aromatic nitrogens is 1. The van der Waals surface area contributed by atoms with Crippen LogP contribution in [-0.4, -0.2) is 23.5 Å². The number of thiazole rings is 1. The van der Waals surface area contributed by atoms with Crippen LogP contribution in [0.5, 0.6) is 0 Å². The summed E-state index contributed by atoms with van der Waals surface area (Å²) in [6, 6.07) is 18.8. The van der Waals surface area contributed by atoms with Gasteiger partial charge in [-0.1, -0.05) is 42.5 Å². The second-order valence-corrected chi connectivity index (χ2v) is 8.64. The number of anilines is 1. The van der Waals surface area contributed by atoms with Crippen LogP contribution in [0.25, 0.3) is 11.3 Å². The van der Waals surface area contributed by atoms with Gasteiger partial charge in [0.05, 0.1) is 5.69 Å². The lowest BCUT2D eigenvalue weighted by Crippen LogP contribution is -2.20. The van der Waals surface area contributed by atoms with Gasteiger partial charge in [0.1, 0.15) is 0 Å². The topological polar surface area (TPSA) is 54.0 Å². The molecule has 2 fully saturated rings. The van der Waals surface area contributed by atoms with Crippen molar-refractivity contribution in [3.8, 4) is 11.3 Å². The lowest BCUT2D eigenvalue weighted by molar-refractivity contribution is 0.102. The summed E-state index contributed by atoms with van der Waals surface area (Å²) in [7, 11) is 0. The van der Waals surface area contributed by atoms with Crippen molar-refractivity contribution in [1.82, 2.24) is 10.3 Å². The summed E-state index contributed by atoms with van der Waals surface area (Å²) in [4.78, 5) is 17.0. The minimum Gasteiger partial charge on any atom is -0.320 e. The van der Waals surface area contributed by atoms with Crippen LogP contribution in [0.4, 0.5) is 5.69 Å². The highest BCUT2D eigenvalue weighted by Gasteiger charge is 2.38. The van der Waals surface area contributed by atoms with Crippen LogP contribution >= 0.6 is 11.3 Å². The van der Waals surface area contributed by atoms with Crippen molar-refractivity contribution in [2.45, 2.75) is 31.2 Å². The molecule has 1 heterocycles. The van der Waals surface area contributed by atoms with Gasteiger partial charge in [-0.3, -0.25) is 4.79 Å². The maximum Gasteiger partial charge on any atom is 0.284 e. The molecule has 2 unspecified atom stereocenters. The van der Waals surface area contributed by atoms with E-state index < -0.39 is 0 Å². The number of nitrogens with one attached hydrogen (secondary N) is 2. The van der Waals surface area contributed by atoms with Crippen LogP contribution in [0.3, 0.4) is 0 Å². The molecule has 28 heavy (non-hydrogen) atoms. The predicted molar refractivity (Wildman–Crippen MR) is 114 cm³/mol. The second kappa shape index (κ2) is 7.49. The van der Waals surface area contributed by atoms with E-state index in [-0.39, 0.29) is 5.91 Å². The number of amides is 1. The maximum atomic E-state index is 12.5. The van der Waals surface area contributed by atoms with Crippen molar-refractivity contribution in [2.24, 2.45) is 5.92 Å². The molecule has 2 N–H and O–H groups in total. The first-order chi connectivity index (χ1) is 13.8. The van der Waals surface area contributed by atoms with Crippen molar-refractivity contribution in [3.63, 3.8) is 0 Å². The first-order valence-corrected chi connectivity index (χ1v) is 10.8. The molecule has 2 aliphatic carbocycles. The lowest BCUT2D eigenvalue weighted by atomic mass is 10.1. The summed E-state index contributed by atoms with van der Waals surface area (Å²) in [5.41, 5.74) is 4.03. The lowest BCUT2D eigenvalue weighted by Gasteiger charge is -2.06. The van der Waals surface area contributed by atoms with Gasteiger partial charge in [-0.15, -0.1) is 11.3 Å². The standard InChI is InChI=1S/C23H23N3OS/c27-22(23-26-21(14-28-23)17-4-2-1-3-5-17)25-18-10-8-16(9-11-18)19-12-20(19)24-13-15-6-7-15/h1-5,8-11,14-15,19-20,24H,6-7,12-13H2,(H,25,27). The van der Waals surface area contributed by atoms with E-state index in [4.69, 9.17) is 0 Å².